The van der Waals surface area contributed by atoms with Gasteiger partial charge in [-0.3, -0.25) is 23.9 Å². The zero-order valence-electron chi connectivity index (χ0n) is 12.0. The van der Waals surface area contributed by atoms with Gasteiger partial charge in [0.15, 0.2) is 5.75 Å². The van der Waals surface area contributed by atoms with Crippen LogP contribution in [-0.2, 0) is 0 Å². The molecule has 2 aromatic rings. The molecule has 0 spiro atoms. The number of fused-ring (bicyclic) bond motifs is 1. The van der Waals surface area contributed by atoms with Crippen LogP contribution < -0.4 is 4.74 Å². The van der Waals surface area contributed by atoms with Crippen molar-refractivity contribution in [2.24, 2.45) is 0 Å². The third-order valence-electron chi connectivity index (χ3n) is 3.95. The molecule has 0 atom stereocenters. The number of nitro benzene ring substituents is 1. The Morgan fingerprint density at radius 3 is 2.68 bits per heavy atom. The zero-order valence-corrected chi connectivity index (χ0v) is 12.8. The maximum Gasteiger partial charge on any atom is 0.311 e. The molecular weight excluding hydrogens is 310 g/mol. The van der Waals surface area contributed by atoms with Gasteiger partial charge in [0, 0.05) is 35.2 Å². The average molecular weight is 327 g/mol. The monoisotopic (exact) mass is 327 g/mol. The number of rotatable bonds is 3. The smallest absolute Gasteiger partial charge is 0.311 e. The fourth-order valence-corrected chi connectivity index (χ4v) is 4.22. The van der Waals surface area contributed by atoms with Gasteiger partial charge in [0.05, 0.1) is 23.6 Å². The van der Waals surface area contributed by atoms with Gasteiger partial charge in [0.1, 0.15) is 0 Å². The lowest BCUT2D eigenvalue weighted by Crippen LogP contribution is -2.23. The van der Waals surface area contributed by atoms with Crippen LogP contribution in [0.1, 0.15) is 18.9 Å². The molecule has 2 heterocycles. The highest BCUT2D eigenvalue weighted by atomic mass is 32.3. The molecule has 2 N–H and O–H groups in total. The third kappa shape index (κ3) is 2.74. The molecule has 120 valence electrons. The highest BCUT2D eigenvalue weighted by Crippen LogP contribution is 2.47. The average Bonchev–Trinajstić information content (AvgIpc) is 2.88. The number of nitrogens with zero attached hydrogens (tertiary/aromatic N) is 3. The predicted molar refractivity (Wildman–Crippen MR) is 83.8 cm³/mol. The second-order valence-corrected chi connectivity index (χ2v) is 7.81. The minimum absolute atomic E-state index is 0.0809. The Kier molecular flexibility index (Phi) is 3.71. The zero-order chi connectivity index (χ0) is 15.9. The third-order valence-corrected chi connectivity index (χ3v) is 5.73. The number of hydrogen-bond donors (Lipinski definition) is 2. The van der Waals surface area contributed by atoms with E-state index in [4.69, 9.17) is 4.74 Å². The molecular formula is C13H17N3O5S. The lowest BCUT2D eigenvalue weighted by atomic mass is 10.1. The van der Waals surface area contributed by atoms with Crippen molar-refractivity contribution in [1.82, 2.24) is 9.78 Å². The van der Waals surface area contributed by atoms with Crippen molar-refractivity contribution in [2.45, 2.75) is 18.9 Å². The molecule has 0 aliphatic carbocycles. The number of hydrogen-bond acceptors (Lipinski definition) is 6. The quantitative estimate of drug-likeness (QED) is 0.662. The molecule has 1 aliphatic rings. The molecule has 8 nitrogen and oxygen atoms in total. The van der Waals surface area contributed by atoms with Gasteiger partial charge in [0.25, 0.3) is 0 Å². The Morgan fingerprint density at radius 1 is 1.41 bits per heavy atom. The van der Waals surface area contributed by atoms with Crippen LogP contribution in [0, 0.1) is 10.1 Å². The summed E-state index contributed by atoms with van der Waals surface area (Å²) < 4.78 is 26.1. The molecule has 1 aromatic carbocycles. The highest BCUT2D eigenvalue weighted by Gasteiger charge is 2.26. The van der Waals surface area contributed by atoms with E-state index in [-0.39, 0.29) is 17.5 Å². The van der Waals surface area contributed by atoms with Crippen molar-refractivity contribution in [2.75, 3.05) is 18.6 Å². The van der Waals surface area contributed by atoms with Crippen molar-refractivity contribution >= 4 is 27.2 Å². The summed E-state index contributed by atoms with van der Waals surface area (Å²) in [7, 11) is -1.05. The Balaban J connectivity index is 1.95. The van der Waals surface area contributed by atoms with Gasteiger partial charge < -0.3 is 4.74 Å². The lowest BCUT2D eigenvalue weighted by Gasteiger charge is -2.39. The van der Waals surface area contributed by atoms with Crippen molar-refractivity contribution in [1.29, 1.82) is 0 Å². The molecule has 1 aromatic heterocycles. The lowest BCUT2D eigenvalue weighted by molar-refractivity contribution is -0.385. The molecule has 22 heavy (non-hydrogen) atoms. The minimum atomic E-state index is -2.43. The number of benzene rings is 1. The van der Waals surface area contributed by atoms with Gasteiger partial charge in [-0.2, -0.15) is 15.7 Å². The molecule has 9 heteroatoms. The number of methoxy groups -OCH3 is 1. The normalized spacial score (nSPS) is 20.0. The van der Waals surface area contributed by atoms with E-state index < -0.39 is 15.5 Å². The van der Waals surface area contributed by atoms with E-state index in [2.05, 4.69) is 5.10 Å². The Bertz CT molecular complexity index is 720. The van der Waals surface area contributed by atoms with Crippen LogP contribution in [0.3, 0.4) is 0 Å². The highest BCUT2D eigenvalue weighted by molar-refractivity contribution is 8.24. The fraction of sp³-hybridized carbons (Fsp3) is 0.462. The van der Waals surface area contributed by atoms with Gasteiger partial charge >= 0.3 is 5.69 Å². The molecule has 0 bridgehead atoms. The molecule has 1 fully saturated rings. The van der Waals surface area contributed by atoms with Crippen molar-refractivity contribution in [3.8, 4) is 5.75 Å². The molecule has 0 unspecified atom stereocenters. The Labute approximate surface area is 128 Å². The second kappa shape index (κ2) is 5.41. The van der Waals surface area contributed by atoms with E-state index in [1.54, 1.807) is 16.9 Å². The van der Waals surface area contributed by atoms with E-state index in [1.165, 1.54) is 13.2 Å². The predicted octanol–water partition coefficient (Wildman–Crippen LogP) is 3.04. The molecule has 0 amide bonds. The molecule has 1 saturated heterocycles. The Hall–Kier alpha value is -1.84. The van der Waals surface area contributed by atoms with E-state index >= 15 is 0 Å². The first kappa shape index (κ1) is 15.1. The number of nitro groups is 1. The fourth-order valence-electron chi connectivity index (χ4n) is 2.71. The van der Waals surface area contributed by atoms with E-state index in [0.717, 1.165) is 0 Å². The summed E-state index contributed by atoms with van der Waals surface area (Å²) in [5.41, 5.74) is 0.534. The van der Waals surface area contributed by atoms with Crippen LogP contribution in [-0.4, -0.2) is 42.4 Å². The summed E-state index contributed by atoms with van der Waals surface area (Å²) in [6.45, 7) is 0. The molecule has 3 rings (SSSR count). The van der Waals surface area contributed by atoms with Gasteiger partial charge in [-0.15, -0.1) is 0 Å². The number of aromatic nitrogens is 2. The first-order valence-electron chi connectivity index (χ1n) is 6.84. The SMILES string of the molecule is COc1cc2nn(C3CCS(O)(O)CC3)cc2cc1[N+](=O)[O-]. The van der Waals surface area contributed by atoms with Gasteiger partial charge in [-0.1, -0.05) is 0 Å². The van der Waals surface area contributed by atoms with Crippen LogP contribution >= 0.6 is 10.6 Å². The number of ether oxygens (including phenoxy) is 1. The van der Waals surface area contributed by atoms with Crippen molar-refractivity contribution in [3.63, 3.8) is 0 Å². The Morgan fingerprint density at radius 2 is 2.09 bits per heavy atom. The minimum Gasteiger partial charge on any atom is -0.490 e. The second-order valence-electron chi connectivity index (χ2n) is 5.39. The maximum absolute atomic E-state index is 11.0. The topological polar surface area (TPSA) is 111 Å². The summed E-state index contributed by atoms with van der Waals surface area (Å²) in [4.78, 5) is 10.6. The van der Waals surface area contributed by atoms with Crippen LogP contribution in [0.5, 0.6) is 5.75 Å². The maximum atomic E-state index is 11.0. The first-order chi connectivity index (χ1) is 10.4. The van der Waals surface area contributed by atoms with E-state index in [0.29, 0.717) is 35.3 Å². The first-order valence-corrected chi connectivity index (χ1v) is 8.73. The summed E-state index contributed by atoms with van der Waals surface area (Å²) in [5, 5.41) is 16.2. The van der Waals surface area contributed by atoms with Crippen LogP contribution in [0.25, 0.3) is 10.9 Å². The van der Waals surface area contributed by atoms with Crippen molar-refractivity contribution in [3.05, 3.63) is 28.4 Å². The summed E-state index contributed by atoms with van der Waals surface area (Å²) in [5.74, 6) is 0.926. The summed E-state index contributed by atoms with van der Waals surface area (Å²) in [6, 6.07) is 3.09. The van der Waals surface area contributed by atoms with Crippen LogP contribution in [0.4, 0.5) is 5.69 Å². The van der Waals surface area contributed by atoms with Crippen LogP contribution in [0.15, 0.2) is 18.3 Å². The standard InChI is InChI=1S/C13H17N3O5S/c1-21-13-7-11-9(6-12(13)16(17)18)8-15(14-11)10-2-4-22(19,20)5-3-10/h6-8,10,19-20H,2-5H2,1H3. The van der Waals surface area contributed by atoms with Gasteiger partial charge in [-0.25, -0.2) is 0 Å². The summed E-state index contributed by atoms with van der Waals surface area (Å²) >= 11 is 0. The van der Waals surface area contributed by atoms with Gasteiger partial charge in [0.2, 0.25) is 0 Å². The molecule has 1 aliphatic heterocycles. The molecule has 0 saturated carbocycles. The van der Waals surface area contributed by atoms with Gasteiger partial charge in [-0.05, 0) is 12.8 Å². The van der Waals surface area contributed by atoms with E-state index in [1.807, 2.05) is 0 Å². The summed E-state index contributed by atoms with van der Waals surface area (Å²) in [6.07, 6.45) is 3.04. The van der Waals surface area contributed by atoms with E-state index in [9.17, 15) is 19.2 Å². The van der Waals surface area contributed by atoms with Crippen molar-refractivity contribution < 1.29 is 18.8 Å². The molecule has 0 radical (unpaired) electrons. The van der Waals surface area contributed by atoms with Crippen LogP contribution in [0.2, 0.25) is 0 Å². The largest absolute Gasteiger partial charge is 0.490 e.